The first-order valence-electron chi connectivity index (χ1n) is 8.78. The summed E-state index contributed by atoms with van der Waals surface area (Å²) in [4.78, 5) is 12.9. The Morgan fingerprint density at radius 3 is 2.39 bits per heavy atom. The molecule has 0 heterocycles. The number of hydrogen-bond donors (Lipinski definition) is 3. The lowest BCUT2D eigenvalue weighted by atomic mass is 9.94. The van der Waals surface area contributed by atoms with Gasteiger partial charge in [0.2, 0.25) is 5.91 Å². The van der Waals surface area contributed by atoms with Crippen molar-refractivity contribution in [2.75, 3.05) is 5.32 Å². The van der Waals surface area contributed by atoms with E-state index < -0.39 is 11.2 Å². The Kier molecular flexibility index (Phi) is 4.47. The molecule has 4 rings (SSSR count). The highest BCUT2D eigenvalue weighted by Crippen LogP contribution is 2.50. The van der Waals surface area contributed by atoms with Gasteiger partial charge in [-0.15, -0.1) is 0 Å². The average molecular weight is 398 g/mol. The number of benzene rings is 3. The van der Waals surface area contributed by atoms with Crippen LogP contribution in [0.15, 0.2) is 60.7 Å². The van der Waals surface area contributed by atoms with E-state index in [2.05, 4.69) is 5.32 Å². The first-order valence-corrected chi connectivity index (χ1v) is 9.16. The Labute approximate surface area is 166 Å². The summed E-state index contributed by atoms with van der Waals surface area (Å²) in [6, 6.07) is 16.0. The van der Waals surface area contributed by atoms with E-state index >= 15 is 0 Å². The molecule has 3 aromatic carbocycles. The summed E-state index contributed by atoms with van der Waals surface area (Å²) >= 11 is 6.03. The molecule has 3 N–H and O–H groups in total. The standard InChI is InChI=1S/C22H17ClFNO3/c23-16-3-1-2-13(10-16)14-4-6-17(24)18(11-14)25-21(28)22(8-9-22)15-5-7-19(26)20(27)12-15/h1-7,10-12,26-27H,8-9H2,(H,25,28). The molecule has 1 saturated carbocycles. The van der Waals surface area contributed by atoms with Crippen molar-refractivity contribution in [1.29, 1.82) is 0 Å². The Morgan fingerprint density at radius 1 is 0.964 bits per heavy atom. The minimum Gasteiger partial charge on any atom is -0.504 e. The van der Waals surface area contributed by atoms with E-state index in [1.165, 1.54) is 18.2 Å². The zero-order valence-electron chi connectivity index (χ0n) is 14.7. The van der Waals surface area contributed by atoms with Crippen molar-refractivity contribution in [3.63, 3.8) is 0 Å². The molecule has 1 aliphatic rings. The zero-order valence-corrected chi connectivity index (χ0v) is 15.5. The highest BCUT2D eigenvalue weighted by molar-refractivity contribution is 6.30. The summed E-state index contributed by atoms with van der Waals surface area (Å²) in [6.07, 6.45) is 1.16. The summed E-state index contributed by atoms with van der Waals surface area (Å²) in [5.41, 5.74) is 1.38. The molecule has 1 amide bonds. The van der Waals surface area contributed by atoms with Crippen molar-refractivity contribution in [1.82, 2.24) is 0 Å². The van der Waals surface area contributed by atoms with Crippen LogP contribution in [-0.4, -0.2) is 16.1 Å². The first kappa shape index (κ1) is 18.3. The second-order valence-electron chi connectivity index (χ2n) is 6.94. The molecule has 4 nitrogen and oxygen atoms in total. The summed E-state index contributed by atoms with van der Waals surface area (Å²) in [6.45, 7) is 0. The van der Waals surface area contributed by atoms with Crippen LogP contribution in [0.25, 0.3) is 11.1 Å². The van der Waals surface area contributed by atoms with Crippen LogP contribution in [0.4, 0.5) is 10.1 Å². The molecule has 0 bridgehead atoms. The first-order chi connectivity index (χ1) is 13.4. The van der Waals surface area contributed by atoms with Gasteiger partial charge in [0, 0.05) is 5.02 Å². The number of amides is 1. The van der Waals surface area contributed by atoms with Crippen LogP contribution in [0.2, 0.25) is 5.02 Å². The van der Waals surface area contributed by atoms with Crippen molar-refractivity contribution in [3.05, 3.63) is 77.1 Å². The lowest BCUT2D eigenvalue weighted by Gasteiger charge is -2.17. The maximum Gasteiger partial charge on any atom is 0.235 e. The SMILES string of the molecule is O=C(Nc1cc(-c2cccc(Cl)c2)ccc1F)C1(c2ccc(O)c(O)c2)CC1. The monoisotopic (exact) mass is 397 g/mol. The van der Waals surface area contributed by atoms with E-state index in [0.717, 1.165) is 11.1 Å². The topological polar surface area (TPSA) is 69.6 Å². The lowest BCUT2D eigenvalue weighted by Crippen LogP contribution is -2.28. The molecule has 28 heavy (non-hydrogen) atoms. The molecule has 0 saturated heterocycles. The third-order valence-corrected chi connectivity index (χ3v) is 5.32. The second kappa shape index (κ2) is 6.84. The highest BCUT2D eigenvalue weighted by Gasteiger charge is 2.51. The van der Waals surface area contributed by atoms with Gasteiger partial charge in [-0.1, -0.05) is 35.9 Å². The molecule has 0 unspecified atom stereocenters. The molecule has 142 valence electrons. The number of carbonyl (C=O) groups excluding carboxylic acids is 1. The molecule has 0 atom stereocenters. The number of carbonyl (C=O) groups is 1. The number of hydrogen-bond acceptors (Lipinski definition) is 3. The molecule has 0 aliphatic heterocycles. The third-order valence-electron chi connectivity index (χ3n) is 5.09. The van der Waals surface area contributed by atoms with Gasteiger partial charge in [-0.2, -0.15) is 0 Å². The maximum absolute atomic E-state index is 14.3. The predicted molar refractivity (Wildman–Crippen MR) is 106 cm³/mol. The number of anilines is 1. The van der Waals surface area contributed by atoms with Crippen LogP contribution in [-0.2, 0) is 10.2 Å². The molecule has 0 radical (unpaired) electrons. The number of halogens is 2. The molecular formula is C22H17ClFNO3. The molecular weight excluding hydrogens is 381 g/mol. The lowest BCUT2D eigenvalue weighted by molar-refractivity contribution is -0.118. The van der Waals surface area contributed by atoms with Crippen LogP contribution < -0.4 is 5.32 Å². The van der Waals surface area contributed by atoms with Crippen LogP contribution in [0.1, 0.15) is 18.4 Å². The zero-order chi connectivity index (χ0) is 19.9. The van der Waals surface area contributed by atoms with Gasteiger partial charge in [0.05, 0.1) is 11.1 Å². The molecule has 6 heteroatoms. The van der Waals surface area contributed by atoms with Crippen molar-refractivity contribution >= 4 is 23.2 Å². The Morgan fingerprint density at radius 2 is 1.71 bits per heavy atom. The molecule has 1 fully saturated rings. The van der Waals surface area contributed by atoms with Crippen LogP contribution in [0.5, 0.6) is 11.5 Å². The largest absolute Gasteiger partial charge is 0.504 e. The molecule has 3 aromatic rings. The summed E-state index contributed by atoms with van der Waals surface area (Å²) in [7, 11) is 0. The minimum atomic E-state index is -0.830. The van der Waals surface area contributed by atoms with E-state index in [-0.39, 0.29) is 23.1 Å². The van der Waals surface area contributed by atoms with Crippen molar-refractivity contribution in [3.8, 4) is 22.6 Å². The van der Waals surface area contributed by atoms with Gasteiger partial charge < -0.3 is 15.5 Å². The number of rotatable bonds is 4. The van der Waals surface area contributed by atoms with Gasteiger partial charge in [-0.25, -0.2) is 4.39 Å². The third kappa shape index (κ3) is 3.29. The van der Waals surface area contributed by atoms with Crippen molar-refractivity contribution in [2.24, 2.45) is 0 Å². The smallest absolute Gasteiger partial charge is 0.235 e. The minimum absolute atomic E-state index is 0.0803. The summed E-state index contributed by atoms with van der Waals surface area (Å²) < 4.78 is 14.3. The van der Waals surface area contributed by atoms with Gasteiger partial charge in [0.25, 0.3) is 0 Å². The van der Waals surface area contributed by atoms with Crippen molar-refractivity contribution in [2.45, 2.75) is 18.3 Å². The molecule has 0 aromatic heterocycles. The fourth-order valence-corrected chi connectivity index (χ4v) is 3.49. The maximum atomic E-state index is 14.3. The number of phenolic OH excluding ortho intramolecular Hbond substituents is 2. The van der Waals surface area contributed by atoms with Gasteiger partial charge in [0.15, 0.2) is 11.5 Å². The molecule has 0 spiro atoms. The fraction of sp³-hybridized carbons (Fsp3) is 0.136. The average Bonchev–Trinajstić information content (AvgIpc) is 3.48. The summed E-state index contributed by atoms with van der Waals surface area (Å²) in [5, 5.41) is 22.5. The highest BCUT2D eigenvalue weighted by atomic mass is 35.5. The normalized spacial score (nSPS) is 14.5. The Bertz CT molecular complexity index is 1080. The van der Waals surface area contributed by atoms with E-state index in [1.807, 2.05) is 6.07 Å². The van der Waals surface area contributed by atoms with E-state index in [1.54, 1.807) is 36.4 Å². The van der Waals surface area contributed by atoms with Gasteiger partial charge >= 0.3 is 0 Å². The predicted octanol–water partition coefficient (Wildman–Crippen LogP) is 5.23. The van der Waals surface area contributed by atoms with Gasteiger partial charge in [0.1, 0.15) is 5.82 Å². The Hall–Kier alpha value is -3.05. The quantitative estimate of drug-likeness (QED) is 0.528. The van der Waals surface area contributed by atoms with E-state index in [4.69, 9.17) is 11.6 Å². The van der Waals surface area contributed by atoms with Gasteiger partial charge in [-0.3, -0.25) is 4.79 Å². The van der Waals surface area contributed by atoms with Crippen LogP contribution in [0, 0.1) is 5.82 Å². The van der Waals surface area contributed by atoms with E-state index in [9.17, 15) is 19.4 Å². The van der Waals surface area contributed by atoms with E-state index in [0.29, 0.717) is 23.4 Å². The fourth-order valence-electron chi connectivity index (χ4n) is 3.30. The summed E-state index contributed by atoms with van der Waals surface area (Å²) in [5.74, 6) is -1.42. The molecule has 1 aliphatic carbocycles. The number of phenols is 2. The second-order valence-corrected chi connectivity index (χ2v) is 7.38. The number of nitrogens with one attached hydrogen (secondary N) is 1. The van der Waals surface area contributed by atoms with Gasteiger partial charge in [-0.05, 0) is 65.9 Å². The van der Waals surface area contributed by atoms with Crippen LogP contribution in [0.3, 0.4) is 0 Å². The van der Waals surface area contributed by atoms with Crippen LogP contribution >= 0.6 is 11.6 Å². The van der Waals surface area contributed by atoms with Crippen molar-refractivity contribution < 1.29 is 19.4 Å². The Balaban J connectivity index is 1.63. The number of aromatic hydroxyl groups is 2.